The Morgan fingerprint density at radius 3 is 0.612 bits per heavy atom. The van der Waals surface area contributed by atoms with E-state index in [1.54, 1.807) is 33.4 Å². The highest BCUT2D eigenvalue weighted by atomic mass is 14.9. The van der Waals surface area contributed by atoms with Gasteiger partial charge in [0.25, 0.3) is 0 Å². The van der Waals surface area contributed by atoms with Crippen LogP contribution >= 0.6 is 0 Å². The highest BCUT2D eigenvalue weighted by molar-refractivity contribution is 5.81. The zero-order valence-electron chi connectivity index (χ0n) is 88.9. The van der Waals surface area contributed by atoms with Crippen molar-refractivity contribution in [2.24, 2.45) is 28.2 Å². The van der Waals surface area contributed by atoms with Gasteiger partial charge in [0.1, 0.15) is 28.2 Å². The second-order valence-corrected chi connectivity index (χ2v) is 44.8. The zero-order chi connectivity index (χ0) is 99.3. The molecule has 698 valence electrons. The van der Waals surface area contributed by atoms with Crippen LogP contribution in [0.1, 0.15) is 289 Å². The molecule has 0 N–H and O–H groups in total. The standard InChI is InChI=1S/C35H38N.2C34H36N.C32H32N/c1-24-13-7-8-14-27(24)33-22-28(25(2)23-36(33)5)26-17-18-30-32(21-26)35(19-11-6-12-20-35)31-16-10-9-15-29(31)34(30,3)4;2*1-23-12-6-7-13-26(23)32-21-27(24(2)22-35(32)5)25-16-17-29-31(20-25)34(18-10-11-19-34)30-15-9-8-14-28(30)33(29,3)4;1-21-10-6-7-11-24(21)30-19-25(22(2)20-33(30)5)23-14-15-27-29(18-23)32(16-17-32)28-13-9-8-12-26(28)31(27,3)4/h7-10,13-18,21-23H,6,11-12,19-20H2,1-5H3;2*6-9,12-17,20-22H,10-11,18-19H2,1-5H3;6-15,18-20H,16-17H2,1-5H3/q4*+1/i;3D3;;. The van der Waals surface area contributed by atoms with Gasteiger partial charge in [-0.3, -0.25) is 0 Å². The Morgan fingerprint density at radius 2 is 0.381 bits per heavy atom. The lowest BCUT2D eigenvalue weighted by Gasteiger charge is -2.49. The Kier molecular flexibility index (Phi) is 22.5. The number of aromatic nitrogens is 4. The first-order chi connectivity index (χ1) is 68.1. The molecule has 0 saturated heterocycles. The lowest BCUT2D eigenvalue weighted by Crippen LogP contribution is -2.41. The lowest BCUT2D eigenvalue weighted by atomic mass is 9.54. The third-order valence-corrected chi connectivity index (χ3v) is 35.2. The second kappa shape index (κ2) is 35.2. The molecule has 8 aliphatic rings. The average Bonchev–Trinajstić information content (AvgIpc) is 1.75. The van der Waals surface area contributed by atoms with E-state index < -0.39 is 12.3 Å². The molecular formula is C135H142N4+4. The van der Waals surface area contributed by atoms with Gasteiger partial charge in [0.05, 0.1) is 0 Å². The molecule has 0 amide bonds. The summed E-state index contributed by atoms with van der Waals surface area (Å²) in [4.78, 5) is 0. The van der Waals surface area contributed by atoms with Crippen molar-refractivity contribution in [3.8, 4) is 89.5 Å². The number of hydrogen-bond donors (Lipinski definition) is 0. The number of benzene rings is 12. The fourth-order valence-electron chi connectivity index (χ4n) is 27.6. The largest absolute Gasteiger partial charge is 0.213 e. The fourth-order valence-corrected chi connectivity index (χ4v) is 27.6. The topological polar surface area (TPSA) is 15.5 Å². The van der Waals surface area contributed by atoms with Crippen LogP contribution in [0.25, 0.3) is 89.5 Å². The van der Waals surface area contributed by atoms with Gasteiger partial charge in [-0.15, -0.1) is 0 Å². The Hall–Kier alpha value is -12.8. The molecule has 4 aromatic heterocycles. The van der Waals surface area contributed by atoms with E-state index in [2.05, 4.69) is 453 Å². The van der Waals surface area contributed by atoms with Crippen molar-refractivity contribution in [2.45, 2.75) is 250 Å². The van der Waals surface area contributed by atoms with Crippen molar-refractivity contribution in [3.63, 3.8) is 0 Å². The summed E-state index contributed by atoms with van der Waals surface area (Å²) in [6.07, 6.45) is 27.7. The molecule has 24 rings (SSSR count). The number of aryl methyl sites for hydroxylation is 12. The maximum Gasteiger partial charge on any atom is 0.213 e. The molecule has 1 atom stereocenters. The molecule has 139 heavy (non-hydrogen) atoms. The van der Waals surface area contributed by atoms with Gasteiger partial charge in [0, 0.05) is 116 Å². The van der Waals surface area contributed by atoms with Gasteiger partial charge in [-0.1, -0.05) is 319 Å². The monoisotopic (exact) mass is 1820 g/mol. The molecule has 0 bridgehead atoms. The van der Waals surface area contributed by atoms with E-state index in [0.29, 0.717) is 0 Å². The number of rotatable bonds is 8. The summed E-state index contributed by atoms with van der Waals surface area (Å²) in [5.74, 6) is 0. The summed E-state index contributed by atoms with van der Waals surface area (Å²) in [6.45, 7) is 31.9. The Balaban J connectivity index is 0.000000112. The molecule has 4 spiro atoms. The normalized spacial score (nSPS) is 18.3. The van der Waals surface area contributed by atoms with Crippen molar-refractivity contribution >= 4 is 0 Å². The van der Waals surface area contributed by atoms with E-state index >= 15 is 0 Å². The molecule has 1 unspecified atom stereocenters. The van der Waals surface area contributed by atoms with Crippen LogP contribution in [0.2, 0.25) is 0 Å². The first-order valence-electron chi connectivity index (χ1n) is 53.3. The molecule has 4 heterocycles. The van der Waals surface area contributed by atoms with E-state index in [9.17, 15) is 0 Å². The highest BCUT2D eigenvalue weighted by Crippen LogP contribution is 2.64. The molecule has 4 heteroatoms. The Labute approximate surface area is 834 Å². The molecule has 4 fully saturated rings. The summed E-state index contributed by atoms with van der Waals surface area (Å²) < 4.78 is 35.1. The van der Waals surface area contributed by atoms with E-state index in [1.807, 2.05) is 13.0 Å². The lowest BCUT2D eigenvalue weighted by molar-refractivity contribution is -0.660. The van der Waals surface area contributed by atoms with Gasteiger partial charge in [-0.2, -0.15) is 0 Å². The predicted octanol–water partition coefficient (Wildman–Crippen LogP) is 31.5. The van der Waals surface area contributed by atoms with Gasteiger partial charge in [-0.05, 0) is 311 Å². The second-order valence-electron chi connectivity index (χ2n) is 44.8. The van der Waals surface area contributed by atoms with Crippen molar-refractivity contribution in [3.05, 3.63) is 449 Å². The summed E-state index contributed by atoms with van der Waals surface area (Å²) in [7, 11) is 8.60. The fraction of sp³-hybridized carbons (Fsp3) is 0.319. The number of hydrogen-bond acceptors (Lipinski definition) is 0. The molecule has 4 nitrogen and oxygen atoms in total. The van der Waals surface area contributed by atoms with Crippen molar-refractivity contribution < 1.29 is 22.4 Å². The number of pyridine rings is 4. The van der Waals surface area contributed by atoms with E-state index in [4.69, 9.17) is 4.11 Å². The smallest absolute Gasteiger partial charge is 0.201 e. The third kappa shape index (κ3) is 15.3. The van der Waals surface area contributed by atoms with Crippen LogP contribution in [-0.2, 0) is 71.5 Å². The summed E-state index contributed by atoms with van der Waals surface area (Å²) in [5.41, 5.74) is 53.1. The number of nitrogens with zero attached hydrogens (tertiary/aromatic N) is 4. The molecule has 4 saturated carbocycles. The summed E-state index contributed by atoms with van der Waals surface area (Å²) >= 11 is 0. The predicted molar refractivity (Wildman–Crippen MR) is 579 cm³/mol. The molecule has 12 aromatic carbocycles. The van der Waals surface area contributed by atoms with Crippen LogP contribution in [-0.4, -0.2) is 0 Å². The van der Waals surface area contributed by atoms with Crippen LogP contribution < -0.4 is 18.3 Å². The molecule has 16 aromatic rings. The van der Waals surface area contributed by atoms with Crippen molar-refractivity contribution in [1.82, 2.24) is 0 Å². The van der Waals surface area contributed by atoms with Gasteiger partial charge in [0.15, 0.2) is 24.8 Å². The van der Waals surface area contributed by atoms with E-state index in [0.717, 1.165) is 29.5 Å². The van der Waals surface area contributed by atoms with Gasteiger partial charge in [-0.25, -0.2) is 18.3 Å². The Morgan fingerprint density at radius 1 is 0.187 bits per heavy atom. The molecular weight excluding hydrogens is 1680 g/mol. The van der Waals surface area contributed by atoms with Crippen LogP contribution in [0.5, 0.6) is 0 Å². The zero-order valence-corrected chi connectivity index (χ0v) is 85.9. The first kappa shape index (κ1) is 88.9. The summed E-state index contributed by atoms with van der Waals surface area (Å²) in [6, 6.07) is 109. The van der Waals surface area contributed by atoms with Crippen LogP contribution in [0.3, 0.4) is 0 Å². The highest BCUT2D eigenvalue weighted by Gasteiger charge is 2.55. The van der Waals surface area contributed by atoms with Crippen molar-refractivity contribution in [2.75, 3.05) is 0 Å². The third-order valence-electron chi connectivity index (χ3n) is 35.2. The average molecular weight is 1820 g/mol. The van der Waals surface area contributed by atoms with Crippen LogP contribution in [0, 0.1) is 55.4 Å². The van der Waals surface area contributed by atoms with E-state index in [1.165, 1.54) is 256 Å². The quantitative estimate of drug-likeness (QED) is 0.135. The van der Waals surface area contributed by atoms with Crippen molar-refractivity contribution in [1.29, 1.82) is 0 Å². The maximum absolute atomic E-state index is 8.69. The number of fused-ring (bicyclic) bond motifs is 16. The SMILES string of the molecule is Cc1c[n+](C)c(-c2ccccc2C)cc1-c1ccc2c(c1)C1(CC1)c1ccccc1C2(C)C.Cc1c[n+](C)c(-c2ccccc2C)cc1-c1ccc2c(c1)C1(CCCC1)c1ccccc1C2(C)C.Cc1c[n+](C)c(-c2ccccc2C)cc1-c1ccc2c(c1)C1(CCCCC1)c1ccccc1C2(C)C.[2H]C([2H])([2H])C1(C)c2ccccc2C2(CCCC2)c2cc(-c3cc(-c4ccccc4C)[n+](C)cc3C)ccc21. The minimum atomic E-state index is -2.16. The van der Waals surface area contributed by atoms with Crippen LogP contribution in [0.15, 0.2) is 316 Å². The van der Waals surface area contributed by atoms with Crippen LogP contribution in [0.4, 0.5) is 0 Å². The summed E-state index contributed by atoms with van der Waals surface area (Å²) in [5, 5.41) is 0. The first-order valence-corrected chi connectivity index (χ1v) is 51.8. The molecule has 0 aliphatic heterocycles. The molecule has 8 aliphatic carbocycles. The Bertz CT molecular complexity index is 7710. The minimum Gasteiger partial charge on any atom is -0.201 e. The van der Waals surface area contributed by atoms with Gasteiger partial charge < -0.3 is 0 Å². The minimum absolute atomic E-state index is 0.0115. The maximum atomic E-state index is 8.69. The molecule has 0 radical (unpaired) electrons. The van der Waals surface area contributed by atoms with Gasteiger partial charge >= 0.3 is 0 Å². The van der Waals surface area contributed by atoms with E-state index in [-0.39, 0.29) is 37.9 Å². The van der Waals surface area contributed by atoms with Gasteiger partial charge in [0.2, 0.25) is 22.8 Å².